The summed E-state index contributed by atoms with van der Waals surface area (Å²) in [6.45, 7) is 2.21. The Balaban J connectivity index is 1.75. The number of rotatable bonds is 8. The summed E-state index contributed by atoms with van der Waals surface area (Å²) in [7, 11) is -3.80. The van der Waals surface area contributed by atoms with Crippen LogP contribution < -0.4 is 15.6 Å². The van der Waals surface area contributed by atoms with Crippen molar-refractivity contribution in [3.63, 3.8) is 0 Å². The molecule has 0 bridgehead atoms. The highest BCUT2D eigenvalue weighted by atomic mass is 32.2. The Morgan fingerprint density at radius 1 is 1.19 bits per heavy atom. The predicted molar refractivity (Wildman–Crippen MR) is 117 cm³/mol. The van der Waals surface area contributed by atoms with Gasteiger partial charge >= 0.3 is 0 Å². The monoisotopic (exact) mass is 447 g/mol. The molecule has 1 aliphatic carbocycles. The van der Waals surface area contributed by atoms with Gasteiger partial charge in [-0.3, -0.25) is 14.6 Å². The molecule has 0 radical (unpaired) electrons. The highest BCUT2D eigenvalue weighted by molar-refractivity contribution is 7.90. The molecule has 31 heavy (non-hydrogen) atoms. The minimum Gasteiger partial charge on any atom is -0.486 e. The molecule has 2 N–H and O–H groups in total. The number of nitrogens with zero attached hydrogens (tertiary/aromatic N) is 1. The number of nitrogens with one attached hydrogen (secondary N) is 2. The molecule has 1 aliphatic rings. The Bertz CT molecular complexity index is 1060. The first-order chi connectivity index (χ1) is 14.8. The third-order valence-corrected chi connectivity index (χ3v) is 6.39. The molecular weight excluding hydrogens is 418 g/mol. The first kappa shape index (κ1) is 23.0. The van der Waals surface area contributed by atoms with E-state index in [1.54, 1.807) is 0 Å². The van der Waals surface area contributed by atoms with Gasteiger partial charge in [0, 0.05) is 12.3 Å². The number of carbonyl (C=O) groups excluding carboxylic acids is 1. The van der Waals surface area contributed by atoms with Gasteiger partial charge < -0.3 is 10.1 Å². The number of hydrogen-bond donors (Lipinski definition) is 2. The molecule has 0 spiro atoms. The van der Waals surface area contributed by atoms with Crippen LogP contribution in [-0.2, 0) is 9.84 Å². The van der Waals surface area contributed by atoms with Crippen LogP contribution in [0.5, 0.6) is 5.75 Å². The number of unbranched alkanes of at least 4 members (excludes halogenated alkanes) is 1. The molecule has 2 aromatic rings. The highest BCUT2D eigenvalue weighted by Crippen LogP contribution is 2.32. The smallest absolute Gasteiger partial charge is 0.294 e. The number of benzene rings is 1. The van der Waals surface area contributed by atoms with Crippen LogP contribution in [-0.4, -0.2) is 43.2 Å². The number of aromatic nitrogens is 2. The summed E-state index contributed by atoms with van der Waals surface area (Å²) in [6, 6.07) is 10.2. The maximum atomic E-state index is 12.9. The van der Waals surface area contributed by atoms with E-state index in [1.165, 1.54) is 5.56 Å². The van der Waals surface area contributed by atoms with Gasteiger partial charge in [-0.1, -0.05) is 43.7 Å². The van der Waals surface area contributed by atoms with Crippen molar-refractivity contribution >= 4 is 15.7 Å². The number of sulfone groups is 1. The van der Waals surface area contributed by atoms with E-state index < -0.39 is 26.5 Å². The van der Waals surface area contributed by atoms with E-state index in [0.717, 1.165) is 38.4 Å². The van der Waals surface area contributed by atoms with Crippen LogP contribution in [0.3, 0.4) is 0 Å². The molecule has 1 saturated carbocycles. The highest BCUT2D eigenvalue weighted by Gasteiger charge is 2.27. The number of hydrogen-bond acceptors (Lipinski definition) is 6. The lowest BCUT2D eigenvalue weighted by atomic mass is 9.82. The van der Waals surface area contributed by atoms with Gasteiger partial charge in [0.2, 0.25) is 20.7 Å². The molecule has 168 valence electrons. The van der Waals surface area contributed by atoms with Gasteiger partial charge in [-0.2, -0.15) is 0 Å². The van der Waals surface area contributed by atoms with Crippen LogP contribution in [0.2, 0.25) is 0 Å². The third kappa shape index (κ3) is 5.94. The van der Waals surface area contributed by atoms with Crippen molar-refractivity contribution in [1.29, 1.82) is 0 Å². The standard InChI is InChI=1S/C22H29N3O5S/c1-3-4-14-30-19-18(24-22(25-21(19)27)31(2,28)29)20(26)23-17-12-10-16(11-13-17)15-8-6-5-7-9-15/h5-9,16-17H,3-4,10-14H2,1-2H3,(H,23,26)(H,24,25,27). The topological polar surface area (TPSA) is 118 Å². The summed E-state index contributed by atoms with van der Waals surface area (Å²) in [6.07, 6.45) is 5.92. The fourth-order valence-electron chi connectivity index (χ4n) is 3.77. The average Bonchev–Trinajstić information content (AvgIpc) is 2.75. The fraction of sp³-hybridized carbons (Fsp3) is 0.500. The van der Waals surface area contributed by atoms with E-state index in [2.05, 4.69) is 27.4 Å². The van der Waals surface area contributed by atoms with E-state index in [0.29, 0.717) is 12.3 Å². The molecule has 0 unspecified atom stereocenters. The molecule has 1 heterocycles. The van der Waals surface area contributed by atoms with Crippen LogP contribution in [0.15, 0.2) is 40.3 Å². The number of ether oxygens (including phenoxy) is 1. The van der Waals surface area contributed by atoms with Crippen molar-refractivity contribution in [2.75, 3.05) is 12.9 Å². The molecule has 1 amide bonds. The second-order valence-corrected chi connectivity index (χ2v) is 9.89. The van der Waals surface area contributed by atoms with E-state index in [4.69, 9.17) is 4.74 Å². The lowest BCUT2D eigenvalue weighted by molar-refractivity contribution is 0.0914. The molecule has 0 aliphatic heterocycles. The average molecular weight is 448 g/mol. The van der Waals surface area contributed by atoms with Crippen LogP contribution in [0.1, 0.15) is 67.4 Å². The summed E-state index contributed by atoms with van der Waals surface area (Å²) in [5.74, 6) is -0.376. The van der Waals surface area contributed by atoms with Crippen molar-refractivity contribution in [3.8, 4) is 5.75 Å². The second kappa shape index (κ2) is 10.1. The minimum absolute atomic E-state index is 0.0706. The van der Waals surface area contributed by atoms with Gasteiger partial charge in [-0.05, 0) is 43.6 Å². The van der Waals surface area contributed by atoms with Gasteiger partial charge in [0.15, 0.2) is 5.69 Å². The number of carbonyl (C=O) groups is 1. The largest absolute Gasteiger partial charge is 0.486 e. The van der Waals surface area contributed by atoms with E-state index in [1.807, 2.05) is 25.1 Å². The van der Waals surface area contributed by atoms with Crippen molar-refractivity contribution in [1.82, 2.24) is 15.3 Å². The summed E-state index contributed by atoms with van der Waals surface area (Å²) in [5, 5.41) is 2.37. The molecule has 1 aromatic carbocycles. The molecular formula is C22H29N3O5S. The SMILES string of the molecule is CCCCOc1c(C(=O)NC2CCC(c3ccccc3)CC2)nc(S(C)(=O)=O)[nH]c1=O. The molecule has 0 saturated heterocycles. The summed E-state index contributed by atoms with van der Waals surface area (Å²) >= 11 is 0. The minimum atomic E-state index is -3.80. The molecule has 9 heteroatoms. The third-order valence-electron chi connectivity index (χ3n) is 5.50. The number of amides is 1. The molecule has 3 rings (SSSR count). The van der Waals surface area contributed by atoms with Gasteiger partial charge in [-0.15, -0.1) is 0 Å². The zero-order valence-electron chi connectivity index (χ0n) is 17.9. The molecule has 0 atom stereocenters. The lowest BCUT2D eigenvalue weighted by Crippen LogP contribution is -2.39. The van der Waals surface area contributed by atoms with Crippen molar-refractivity contribution in [3.05, 3.63) is 51.9 Å². The van der Waals surface area contributed by atoms with Gasteiger partial charge in [0.25, 0.3) is 11.5 Å². The zero-order valence-corrected chi connectivity index (χ0v) is 18.7. The maximum Gasteiger partial charge on any atom is 0.294 e. The summed E-state index contributed by atoms with van der Waals surface area (Å²) < 4.78 is 29.3. The fourth-order valence-corrected chi connectivity index (χ4v) is 4.31. The Morgan fingerprint density at radius 2 is 1.87 bits per heavy atom. The van der Waals surface area contributed by atoms with Crippen LogP contribution in [0.25, 0.3) is 0 Å². The first-order valence-corrected chi connectivity index (χ1v) is 12.5. The number of H-pyrrole nitrogens is 1. The molecule has 8 nitrogen and oxygen atoms in total. The van der Waals surface area contributed by atoms with Gasteiger partial charge in [0.1, 0.15) is 0 Å². The first-order valence-electron chi connectivity index (χ1n) is 10.6. The zero-order chi connectivity index (χ0) is 22.4. The van der Waals surface area contributed by atoms with Crippen molar-refractivity contribution in [2.45, 2.75) is 62.6 Å². The van der Waals surface area contributed by atoms with Gasteiger partial charge in [0.05, 0.1) is 6.61 Å². The van der Waals surface area contributed by atoms with Crippen LogP contribution in [0.4, 0.5) is 0 Å². The van der Waals surface area contributed by atoms with E-state index >= 15 is 0 Å². The Hall–Kier alpha value is -2.68. The van der Waals surface area contributed by atoms with E-state index in [9.17, 15) is 18.0 Å². The summed E-state index contributed by atoms with van der Waals surface area (Å²) in [4.78, 5) is 31.5. The molecule has 1 aromatic heterocycles. The normalized spacial score (nSPS) is 19.0. The second-order valence-electron chi connectivity index (χ2n) is 7.96. The Labute approximate surface area is 182 Å². The van der Waals surface area contributed by atoms with E-state index in [-0.39, 0.29) is 24.1 Å². The Morgan fingerprint density at radius 3 is 2.48 bits per heavy atom. The molecule has 1 fully saturated rings. The maximum absolute atomic E-state index is 12.9. The van der Waals surface area contributed by atoms with Crippen molar-refractivity contribution in [2.24, 2.45) is 0 Å². The Kier molecular flexibility index (Phi) is 7.48. The quantitative estimate of drug-likeness (QED) is 0.475. The number of aromatic amines is 1. The lowest BCUT2D eigenvalue weighted by Gasteiger charge is -2.29. The van der Waals surface area contributed by atoms with Gasteiger partial charge in [-0.25, -0.2) is 13.4 Å². The predicted octanol–water partition coefficient (Wildman–Crippen LogP) is 2.81. The van der Waals surface area contributed by atoms with Crippen LogP contribution in [0, 0.1) is 0 Å². The van der Waals surface area contributed by atoms with Crippen molar-refractivity contribution < 1.29 is 17.9 Å². The van der Waals surface area contributed by atoms with Crippen LogP contribution >= 0.6 is 0 Å². The summed E-state index contributed by atoms with van der Waals surface area (Å²) in [5.41, 5.74) is 0.239.